The number of hydrogen-bond donors (Lipinski definition) is 1. The number of hydrogen-bond acceptors (Lipinski definition) is 3. The van der Waals surface area contributed by atoms with Crippen LogP contribution in [0.4, 0.5) is 5.69 Å². The number of benzene rings is 1. The maximum atomic E-state index is 11.8. The Morgan fingerprint density at radius 3 is 2.59 bits per heavy atom. The number of carbonyl (C=O) groups is 2. The highest BCUT2D eigenvalue weighted by Crippen LogP contribution is 2.38. The molecule has 0 bridgehead atoms. The van der Waals surface area contributed by atoms with Crippen molar-refractivity contribution in [3.8, 4) is 0 Å². The number of methoxy groups -OCH3 is 1. The molecule has 1 aliphatic carbocycles. The first-order chi connectivity index (χ1) is 8.13. The molecule has 2 rings (SSSR count). The zero-order valence-electron chi connectivity index (χ0n) is 9.90. The molecule has 4 heteroatoms. The summed E-state index contributed by atoms with van der Waals surface area (Å²) in [7, 11) is 1.32. The van der Waals surface area contributed by atoms with E-state index in [0.29, 0.717) is 17.2 Å². The molecule has 0 spiro atoms. The number of ether oxygens (including phenoxy) is 1. The van der Waals surface area contributed by atoms with E-state index >= 15 is 0 Å². The summed E-state index contributed by atoms with van der Waals surface area (Å²) >= 11 is 0. The van der Waals surface area contributed by atoms with Gasteiger partial charge in [-0.1, -0.05) is 19.1 Å². The Bertz CT molecular complexity index is 456. The molecule has 17 heavy (non-hydrogen) atoms. The van der Waals surface area contributed by atoms with Crippen molar-refractivity contribution in [3.63, 3.8) is 0 Å². The summed E-state index contributed by atoms with van der Waals surface area (Å²) < 4.78 is 4.67. The molecule has 0 aromatic heterocycles. The van der Waals surface area contributed by atoms with Gasteiger partial charge in [-0.3, -0.25) is 4.79 Å². The van der Waals surface area contributed by atoms with Gasteiger partial charge in [-0.2, -0.15) is 0 Å². The van der Waals surface area contributed by atoms with E-state index in [1.165, 1.54) is 7.11 Å². The van der Waals surface area contributed by atoms with Gasteiger partial charge < -0.3 is 10.1 Å². The molecule has 2 atom stereocenters. The second-order valence-corrected chi connectivity index (χ2v) is 4.35. The zero-order valence-corrected chi connectivity index (χ0v) is 9.90. The van der Waals surface area contributed by atoms with E-state index in [0.717, 1.165) is 6.42 Å². The minimum Gasteiger partial charge on any atom is -0.465 e. The van der Waals surface area contributed by atoms with Gasteiger partial charge in [-0.15, -0.1) is 0 Å². The third-order valence-corrected chi connectivity index (χ3v) is 3.04. The standard InChI is InChI=1S/C13H15NO3/c1-8-7-10(8)12(15)14-11-6-4-3-5-9(11)13(16)17-2/h3-6,8,10H,7H2,1-2H3,(H,14,15)/t8-,10+/m0/s1. The smallest absolute Gasteiger partial charge is 0.339 e. The fourth-order valence-electron chi connectivity index (χ4n) is 1.79. The molecule has 0 aliphatic heterocycles. The maximum Gasteiger partial charge on any atom is 0.339 e. The van der Waals surface area contributed by atoms with Crippen molar-refractivity contribution in [2.24, 2.45) is 11.8 Å². The second-order valence-electron chi connectivity index (χ2n) is 4.35. The number of esters is 1. The fraction of sp³-hybridized carbons (Fsp3) is 0.385. The molecule has 1 amide bonds. The Kier molecular flexibility index (Phi) is 3.13. The Hall–Kier alpha value is -1.84. The number of rotatable bonds is 3. The summed E-state index contributed by atoms with van der Waals surface area (Å²) in [5.74, 6) is 0.0691. The first-order valence-electron chi connectivity index (χ1n) is 5.61. The van der Waals surface area contributed by atoms with Gasteiger partial charge in [-0.05, 0) is 24.5 Å². The molecule has 1 aliphatic rings. The predicted molar refractivity (Wildman–Crippen MR) is 63.7 cm³/mol. The molecule has 4 nitrogen and oxygen atoms in total. The molecular weight excluding hydrogens is 218 g/mol. The van der Waals surface area contributed by atoms with E-state index < -0.39 is 5.97 Å². The quantitative estimate of drug-likeness (QED) is 0.813. The van der Waals surface area contributed by atoms with Crippen molar-refractivity contribution in [3.05, 3.63) is 29.8 Å². The number of para-hydroxylation sites is 1. The number of nitrogens with one attached hydrogen (secondary N) is 1. The molecule has 1 fully saturated rings. The van der Waals surface area contributed by atoms with Crippen LogP contribution in [-0.4, -0.2) is 19.0 Å². The van der Waals surface area contributed by atoms with Gasteiger partial charge in [0.2, 0.25) is 5.91 Å². The largest absolute Gasteiger partial charge is 0.465 e. The number of amides is 1. The zero-order chi connectivity index (χ0) is 12.4. The molecule has 90 valence electrons. The van der Waals surface area contributed by atoms with Crippen LogP contribution in [-0.2, 0) is 9.53 Å². The van der Waals surface area contributed by atoms with E-state index in [-0.39, 0.29) is 11.8 Å². The summed E-state index contributed by atoms with van der Waals surface area (Å²) in [5, 5.41) is 2.78. The van der Waals surface area contributed by atoms with Crippen LogP contribution < -0.4 is 5.32 Å². The summed E-state index contributed by atoms with van der Waals surface area (Å²) in [6.45, 7) is 2.04. The predicted octanol–water partition coefficient (Wildman–Crippen LogP) is 2.07. The average molecular weight is 233 g/mol. The molecule has 1 N–H and O–H groups in total. The van der Waals surface area contributed by atoms with Crippen LogP contribution in [0.1, 0.15) is 23.7 Å². The lowest BCUT2D eigenvalue weighted by atomic mass is 10.1. The van der Waals surface area contributed by atoms with Crippen molar-refractivity contribution >= 4 is 17.6 Å². The van der Waals surface area contributed by atoms with E-state index in [1.807, 2.05) is 6.92 Å². The molecule has 1 aromatic rings. The lowest BCUT2D eigenvalue weighted by Crippen LogP contribution is -2.17. The summed E-state index contributed by atoms with van der Waals surface area (Å²) in [5.41, 5.74) is 0.903. The molecular formula is C13H15NO3. The van der Waals surface area contributed by atoms with Gasteiger partial charge in [0, 0.05) is 5.92 Å². The highest BCUT2D eigenvalue weighted by Gasteiger charge is 2.39. The van der Waals surface area contributed by atoms with Gasteiger partial charge in [-0.25, -0.2) is 4.79 Å². The molecule has 1 saturated carbocycles. The van der Waals surface area contributed by atoms with Gasteiger partial charge >= 0.3 is 5.97 Å². The van der Waals surface area contributed by atoms with Crippen LogP contribution >= 0.6 is 0 Å². The average Bonchev–Trinajstić information content (AvgIpc) is 3.06. The molecule has 1 aromatic carbocycles. The molecule has 0 unspecified atom stereocenters. The van der Waals surface area contributed by atoms with Crippen molar-refractivity contribution in [1.29, 1.82) is 0 Å². The lowest BCUT2D eigenvalue weighted by molar-refractivity contribution is -0.117. The molecule has 0 saturated heterocycles. The van der Waals surface area contributed by atoms with Gasteiger partial charge in [0.05, 0.1) is 18.4 Å². The van der Waals surface area contributed by atoms with Crippen molar-refractivity contribution in [1.82, 2.24) is 0 Å². The van der Waals surface area contributed by atoms with Crippen LogP contribution in [0, 0.1) is 11.8 Å². The fourth-order valence-corrected chi connectivity index (χ4v) is 1.79. The van der Waals surface area contributed by atoms with Crippen LogP contribution in [0.3, 0.4) is 0 Å². The summed E-state index contributed by atoms with van der Waals surface area (Å²) in [6.07, 6.45) is 0.923. The minimum absolute atomic E-state index is 0.0196. The van der Waals surface area contributed by atoms with Crippen LogP contribution in [0.15, 0.2) is 24.3 Å². The third-order valence-electron chi connectivity index (χ3n) is 3.04. The van der Waals surface area contributed by atoms with Gasteiger partial charge in [0.1, 0.15) is 0 Å². The van der Waals surface area contributed by atoms with Crippen LogP contribution in [0.25, 0.3) is 0 Å². The van der Waals surface area contributed by atoms with Crippen molar-refractivity contribution in [2.45, 2.75) is 13.3 Å². The lowest BCUT2D eigenvalue weighted by Gasteiger charge is -2.09. The number of carbonyl (C=O) groups excluding carboxylic acids is 2. The Labute approximate surface area is 100.0 Å². The first kappa shape index (κ1) is 11.6. The Morgan fingerprint density at radius 2 is 2.00 bits per heavy atom. The van der Waals surface area contributed by atoms with Crippen LogP contribution in [0.2, 0.25) is 0 Å². The molecule has 0 radical (unpaired) electrons. The van der Waals surface area contributed by atoms with Gasteiger partial charge in [0.25, 0.3) is 0 Å². The van der Waals surface area contributed by atoms with Crippen molar-refractivity contribution in [2.75, 3.05) is 12.4 Å². The second kappa shape index (κ2) is 4.57. The Balaban J connectivity index is 2.15. The normalized spacial score (nSPS) is 21.8. The maximum absolute atomic E-state index is 11.8. The van der Waals surface area contributed by atoms with E-state index in [4.69, 9.17) is 0 Å². The monoisotopic (exact) mass is 233 g/mol. The SMILES string of the molecule is COC(=O)c1ccccc1NC(=O)[C@@H]1C[C@@H]1C. The summed E-state index contributed by atoms with van der Waals surface area (Å²) in [6, 6.07) is 6.86. The topological polar surface area (TPSA) is 55.4 Å². The first-order valence-corrected chi connectivity index (χ1v) is 5.61. The van der Waals surface area contributed by atoms with E-state index in [1.54, 1.807) is 24.3 Å². The number of anilines is 1. The van der Waals surface area contributed by atoms with Crippen LogP contribution in [0.5, 0.6) is 0 Å². The highest BCUT2D eigenvalue weighted by atomic mass is 16.5. The van der Waals surface area contributed by atoms with E-state index in [9.17, 15) is 9.59 Å². The highest BCUT2D eigenvalue weighted by molar-refractivity contribution is 6.02. The third kappa shape index (κ3) is 2.46. The minimum atomic E-state index is -0.440. The van der Waals surface area contributed by atoms with Crippen molar-refractivity contribution < 1.29 is 14.3 Å². The molecule has 0 heterocycles. The van der Waals surface area contributed by atoms with Gasteiger partial charge in [0.15, 0.2) is 0 Å². The summed E-state index contributed by atoms with van der Waals surface area (Å²) in [4.78, 5) is 23.3. The van der Waals surface area contributed by atoms with E-state index in [2.05, 4.69) is 10.1 Å². The Morgan fingerprint density at radius 1 is 1.35 bits per heavy atom.